The summed E-state index contributed by atoms with van der Waals surface area (Å²) in [6.45, 7) is 1.80. The number of hydrogen-bond donors (Lipinski definition) is 2. The lowest BCUT2D eigenvalue weighted by molar-refractivity contribution is -0.759. The Morgan fingerprint density at radius 1 is 1.53 bits per heavy atom. The van der Waals surface area contributed by atoms with Gasteiger partial charge >= 0.3 is 0 Å². The molecule has 3 N–H and O–H groups in total. The largest absolute Gasteiger partial charge is 0.352 e. The van der Waals surface area contributed by atoms with Crippen LogP contribution in [0.4, 0.5) is 0 Å². The van der Waals surface area contributed by atoms with Gasteiger partial charge in [0.15, 0.2) is 0 Å². The Labute approximate surface area is 99.8 Å². The lowest BCUT2D eigenvalue weighted by atomic mass is 9.86. The van der Waals surface area contributed by atoms with E-state index in [1.807, 2.05) is 0 Å². The molecule has 1 fully saturated rings. The SMILES string of the molecule is CC(N)C(=O)N[C@H]1CC[C@H](CO[N+](=O)[O-])CC1. The topological polar surface area (TPSA) is 107 Å². The minimum atomic E-state index is -0.760. The van der Waals surface area contributed by atoms with E-state index in [9.17, 15) is 14.9 Å². The molecule has 1 amide bonds. The van der Waals surface area contributed by atoms with Crippen molar-refractivity contribution in [2.45, 2.75) is 44.7 Å². The molecule has 0 spiro atoms. The smallest absolute Gasteiger partial charge is 0.294 e. The van der Waals surface area contributed by atoms with Gasteiger partial charge in [-0.1, -0.05) is 0 Å². The van der Waals surface area contributed by atoms with Gasteiger partial charge in [0.2, 0.25) is 5.91 Å². The van der Waals surface area contributed by atoms with Crippen molar-refractivity contribution in [3.8, 4) is 0 Å². The van der Waals surface area contributed by atoms with E-state index in [0.29, 0.717) is 0 Å². The first kappa shape index (κ1) is 13.7. The second-order valence-corrected chi connectivity index (χ2v) is 4.53. The number of rotatable bonds is 5. The highest BCUT2D eigenvalue weighted by molar-refractivity contribution is 5.81. The van der Waals surface area contributed by atoms with E-state index in [-0.39, 0.29) is 24.5 Å². The Morgan fingerprint density at radius 2 is 2.12 bits per heavy atom. The summed E-state index contributed by atoms with van der Waals surface area (Å²) in [5.74, 6) is 0.0684. The molecule has 1 aliphatic carbocycles. The Hall–Kier alpha value is -1.37. The lowest BCUT2D eigenvalue weighted by Crippen LogP contribution is -2.45. The number of nitrogens with one attached hydrogen (secondary N) is 1. The molecule has 0 saturated heterocycles. The molecule has 0 heterocycles. The summed E-state index contributed by atoms with van der Waals surface area (Å²) in [5.41, 5.74) is 5.45. The second kappa shape index (κ2) is 6.39. The maximum absolute atomic E-state index is 11.4. The highest BCUT2D eigenvalue weighted by Gasteiger charge is 2.23. The van der Waals surface area contributed by atoms with Crippen LogP contribution in [0.3, 0.4) is 0 Å². The number of carbonyl (C=O) groups is 1. The molecule has 0 aliphatic heterocycles. The molecule has 1 atom stereocenters. The highest BCUT2D eigenvalue weighted by Crippen LogP contribution is 2.24. The zero-order valence-electron chi connectivity index (χ0n) is 9.93. The Morgan fingerprint density at radius 3 is 2.59 bits per heavy atom. The summed E-state index contributed by atoms with van der Waals surface area (Å²) in [4.78, 5) is 25.7. The number of amides is 1. The third-order valence-electron chi connectivity index (χ3n) is 3.02. The molecule has 7 nitrogen and oxygen atoms in total. The summed E-state index contributed by atoms with van der Waals surface area (Å²) in [6, 6.07) is -0.356. The predicted molar refractivity (Wildman–Crippen MR) is 60.5 cm³/mol. The molecule has 17 heavy (non-hydrogen) atoms. The molecule has 98 valence electrons. The van der Waals surface area contributed by atoms with Gasteiger partial charge in [-0.15, -0.1) is 10.1 Å². The van der Waals surface area contributed by atoms with E-state index in [2.05, 4.69) is 10.2 Å². The number of carbonyl (C=O) groups excluding carboxylic acids is 1. The van der Waals surface area contributed by atoms with Crippen molar-refractivity contribution in [1.29, 1.82) is 0 Å². The summed E-state index contributed by atoms with van der Waals surface area (Å²) in [5, 5.41) is 12.1. The van der Waals surface area contributed by atoms with Crippen molar-refractivity contribution in [3.05, 3.63) is 10.1 Å². The van der Waals surface area contributed by atoms with Gasteiger partial charge in [-0.2, -0.15) is 0 Å². The van der Waals surface area contributed by atoms with E-state index in [1.165, 1.54) is 0 Å². The van der Waals surface area contributed by atoms with Gasteiger partial charge in [0.25, 0.3) is 5.09 Å². The average molecular weight is 245 g/mol. The van der Waals surface area contributed by atoms with Crippen molar-refractivity contribution < 1.29 is 14.7 Å². The highest BCUT2D eigenvalue weighted by atomic mass is 16.9. The summed E-state index contributed by atoms with van der Waals surface area (Å²) in [6.07, 6.45) is 3.31. The van der Waals surface area contributed by atoms with Crippen molar-refractivity contribution in [3.63, 3.8) is 0 Å². The lowest BCUT2D eigenvalue weighted by Gasteiger charge is -2.28. The van der Waals surface area contributed by atoms with Crippen LogP contribution in [0.2, 0.25) is 0 Å². The molecular weight excluding hydrogens is 226 g/mol. The third kappa shape index (κ3) is 4.99. The van der Waals surface area contributed by atoms with Crippen LogP contribution in [-0.4, -0.2) is 29.7 Å². The van der Waals surface area contributed by atoms with Crippen LogP contribution in [-0.2, 0) is 9.63 Å². The molecule has 0 bridgehead atoms. The molecular formula is C10H19N3O4. The molecule has 0 aromatic rings. The van der Waals surface area contributed by atoms with Gasteiger partial charge in [-0.25, -0.2) is 0 Å². The van der Waals surface area contributed by atoms with Crippen LogP contribution < -0.4 is 11.1 Å². The van der Waals surface area contributed by atoms with E-state index in [0.717, 1.165) is 25.7 Å². The minimum absolute atomic E-state index is 0.139. The fraction of sp³-hybridized carbons (Fsp3) is 0.900. The van der Waals surface area contributed by atoms with Gasteiger partial charge in [-0.3, -0.25) is 4.79 Å². The van der Waals surface area contributed by atoms with E-state index in [1.54, 1.807) is 6.92 Å². The molecule has 7 heteroatoms. The second-order valence-electron chi connectivity index (χ2n) is 4.53. The van der Waals surface area contributed by atoms with Crippen molar-refractivity contribution >= 4 is 5.91 Å². The maximum atomic E-state index is 11.4. The van der Waals surface area contributed by atoms with Crippen LogP contribution in [0.25, 0.3) is 0 Å². The van der Waals surface area contributed by atoms with Crippen molar-refractivity contribution in [1.82, 2.24) is 5.32 Å². The quantitative estimate of drug-likeness (QED) is 0.532. The predicted octanol–water partition coefficient (Wildman–Crippen LogP) is 0.217. The van der Waals surface area contributed by atoms with Crippen LogP contribution >= 0.6 is 0 Å². The zero-order chi connectivity index (χ0) is 12.8. The normalized spacial score (nSPS) is 26.0. The van der Waals surface area contributed by atoms with Crippen LogP contribution in [0, 0.1) is 16.0 Å². The molecule has 0 aromatic heterocycles. The fourth-order valence-corrected chi connectivity index (χ4v) is 1.97. The van der Waals surface area contributed by atoms with E-state index >= 15 is 0 Å². The van der Waals surface area contributed by atoms with Gasteiger partial charge in [0.05, 0.1) is 12.6 Å². The number of nitrogens with zero attached hydrogens (tertiary/aromatic N) is 1. The fourth-order valence-electron chi connectivity index (χ4n) is 1.97. The van der Waals surface area contributed by atoms with Gasteiger partial charge in [0.1, 0.15) is 0 Å². The Balaban J connectivity index is 2.21. The minimum Gasteiger partial charge on any atom is -0.352 e. The number of hydrogen-bond acceptors (Lipinski definition) is 5. The maximum Gasteiger partial charge on any atom is 0.294 e. The molecule has 0 aromatic carbocycles. The van der Waals surface area contributed by atoms with E-state index in [4.69, 9.17) is 5.73 Å². The summed E-state index contributed by atoms with van der Waals surface area (Å²) >= 11 is 0. The molecule has 1 aliphatic rings. The first-order valence-corrected chi connectivity index (χ1v) is 5.82. The zero-order valence-corrected chi connectivity index (χ0v) is 9.93. The van der Waals surface area contributed by atoms with Crippen LogP contribution in [0.5, 0.6) is 0 Å². The van der Waals surface area contributed by atoms with Gasteiger partial charge in [-0.05, 0) is 38.5 Å². The molecule has 1 saturated carbocycles. The average Bonchev–Trinajstić information content (AvgIpc) is 2.28. The summed E-state index contributed by atoms with van der Waals surface area (Å²) in [7, 11) is 0. The number of nitrogens with two attached hydrogens (primary N) is 1. The third-order valence-corrected chi connectivity index (χ3v) is 3.02. The Bertz CT molecular complexity index is 275. The van der Waals surface area contributed by atoms with Gasteiger partial charge < -0.3 is 15.9 Å². The summed E-state index contributed by atoms with van der Waals surface area (Å²) < 4.78 is 0. The first-order valence-electron chi connectivity index (χ1n) is 5.82. The molecule has 0 radical (unpaired) electrons. The van der Waals surface area contributed by atoms with Crippen molar-refractivity contribution in [2.24, 2.45) is 11.7 Å². The van der Waals surface area contributed by atoms with Gasteiger partial charge in [0, 0.05) is 6.04 Å². The van der Waals surface area contributed by atoms with Crippen molar-refractivity contribution in [2.75, 3.05) is 6.61 Å². The standard InChI is InChI=1S/C10H19N3O4/c1-7(11)10(14)12-9-4-2-8(3-5-9)6-17-13(15)16/h7-9H,2-6,11H2,1H3,(H,12,14)/t7?,8-,9-. The van der Waals surface area contributed by atoms with Crippen LogP contribution in [0.15, 0.2) is 0 Å². The van der Waals surface area contributed by atoms with Crippen LogP contribution in [0.1, 0.15) is 32.6 Å². The molecule has 1 unspecified atom stereocenters. The Kier molecular flexibility index (Phi) is 5.14. The first-order chi connectivity index (χ1) is 7.99. The molecule has 1 rings (SSSR count). The van der Waals surface area contributed by atoms with E-state index < -0.39 is 11.1 Å². The monoisotopic (exact) mass is 245 g/mol.